The fourth-order valence-electron chi connectivity index (χ4n) is 3.30. The fourth-order valence-corrected chi connectivity index (χ4v) is 3.30. The first kappa shape index (κ1) is 20.3. The Hall–Kier alpha value is -3.93. The molecule has 4 rings (SSSR count). The summed E-state index contributed by atoms with van der Waals surface area (Å²) >= 11 is 0. The highest BCUT2D eigenvalue weighted by Crippen LogP contribution is 2.25. The zero-order valence-corrected chi connectivity index (χ0v) is 17.5. The van der Waals surface area contributed by atoms with Gasteiger partial charge in [-0.2, -0.15) is 0 Å². The molecule has 4 aromatic rings. The summed E-state index contributed by atoms with van der Waals surface area (Å²) in [6.07, 6.45) is 3.44. The highest BCUT2D eigenvalue weighted by atomic mass is 16.5. The second-order valence-corrected chi connectivity index (χ2v) is 7.06. The van der Waals surface area contributed by atoms with Crippen molar-refractivity contribution >= 4 is 16.8 Å². The lowest BCUT2D eigenvalue weighted by molar-refractivity contribution is 0.0775. The van der Waals surface area contributed by atoms with Gasteiger partial charge in [0.05, 0.1) is 30.4 Å². The Bertz CT molecular complexity index is 1180. The van der Waals surface area contributed by atoms with Crippen LogP contribution in [0.25, 0.3) is 22.2 Å². The number of hydrogen-bond donors (Lipinski definition) is 0. The average molecular weight is 413 g/mol. The Balaban J connectivity index is 1.53. The van der Waals surface area contributed by atoms with Crippen LogP contribution in [0.1, 0.15) is 10.4 Å². The van der Waals surface area contributed by atoms with Crippen molar-refractivity contribution in [2.24, 2.45) is 0 Å². The van der Waals surface area contributed by atoms with Crippen LogP contribution in [-0.2, 0) is 0 Å². The minimum absolute atomic E-state index is 0.0766. The van der Waals surface area contributed by atoms with Crippen LogP contribution in [-0.4, -0.2) is 48.1 Å². The molecule has 0 saturated heterocycles. The molecular formula is C25H23N3O3. The molecule has 2 heterocycles. The Kier molecular flexibility index (Phi) is 6.08. The zero-order chi connectivity index (χ0) is 21.6. The molecule has 0 N–H and O–H groups in total. The minimum Gasteiger partial charge on any atom is -0.497 e. The summed E-state index contributed by atoms with van der Waals surface area (Å²) in [6.45, 7) is 0.834. The third-order valence-electron chi connectivity index (χ3n) is 5.02. The number of benzene rings is 2. The van der Waals surface area contributed by atoms with Gasteiger partial charge >= 0.3 is 0 Å². The molecule has 156 valence electrons. The van der Waals surface area contributed by atoms with Crippen molar-refractivity contribution in [1.82, 2.24) is 14.9 Å². The van der Waals surface area contributed by atoms with Crippen LogP contribution in [0.3, 0.4) is 0 Å². The molecule has 0 atom stereocenters. The molecule has 2 aromatic carbocycles. The predicted octanol–water partition coefficient (Wildman–Crippen LogP) is 4.46. The smallest absolute Gasteiger partial charge is 0.254 e. The lowest BCUT2D eigenvalue weighted by Crippen LogP contribution is -2.31. The van der Waals surface area contributed by atoms with Gasteiger partial charge in [-0.15, -0.1) is 0 Å². The van der Waals surface area contributed by atoms with Gasteiger partial charge in [0.1, 0.15) is 18.1 Å². The van der Waals surface area contributed by atoms with Crippen LogP contribution in [0, 0.1) is 0 Å². The second-order valence-electron chi connectivity index (χ2n) is 7.06. The van der Waals surface area contributed by atoms with E-state index >= 15 is 0 Å². The molecule has 0 bridgehead atoms. The molecule has 0 radical (unpaired) electrons. The number of methoxy groups -OCH3 is 1. The summed E-state index contributed by atoms with van der Waals surface area (Å²) in [5.41, 5.74) is 3.06. The topological polar surface area (TPSA) is 64.6 Å². The first-order valence-corrected chi connectivity index (χ1v) is 9.98. The van der Waals surface area contributed by atoms with Gasteiger partial charge in [0.25, 0.3) is 5.91 Å². The molecule has 0 saturated carbocycles. The van der Waals surface area contributed by atoms with E-state index < -0.39 is 0 Å². The summed E-state index contributed by atoms with van der Waals surface area (Å²) in [4.78, 5) is 23.7. The first-order chi connectivity index (χ1) is 15.2. The Morgan fingerprint density at radius 3 is 2.42 bits per heavy atom. The number of hydrogen-bond acceptors (Lipinski definition) is 5. The summed E-state index contributed by atoms with van der Waals surface area (Å²) in [5.74, 6) is 1.43. The van der Waals surface area contributed by atoms with Gasteiger partial charge < -0.3 is 14.4 Å². The van der Waals surface area contributed by atoms with Gasteiger partial charge in [-0.25, -0.2) is 4.98 Å². The Morgan fingerprint density at radius 2 is 1.68 bits per heavy atom. The van der Waals surface area contributed by atoms with E-state index in [2.05, 4.69) is 4.98 Å². The monoisotopic (exact) mass is 413 g/mol. The molecule has 0 spiro atoms. The summed E-state index contributed by atoms with van der Waals surface area (Å²) in [6, 6.07) is 20.7. The second kappa shape index (κ2) is 9.26. The molecule has 0 aliphatic carbocycles. The number of amides is 1. The largest absolute Gasteiger partial charge is 0.497 e. The number of nitrogens with zero attached hydrogens (tertiary/aromatic N) is 3. The maximum atomic E-state index is 13.3. The molecule has 0 fully saturated rings. The molecule has 0 aliphatic rings. The van der Waals surface area contributed by atoms with E-state index in [1.165, 1.54) is 0 Å². The summed E-state index contributed by atoms with van der Waals surface area (Å²) in [5, 5.41) is 0.827. The number of rotatable bonds is 7. The first-order valence-electron chi connectivity index (χ1n) is 9.98. The third kappa shape index (κ3) is 4.64. The average Bonchev–Trinajstić information content (AvgIpc) is 2.83. The molecular weight excluding hydrogens is 390 g/mol. The molecule has 0 unspecified atom stereocenters. The summed E-state index contributed by atoms with van der Waals surface area (Å²) in [7, 11) is 3.40. The van der Waals surface area contributed by atoms with E-state index in [4.69, 9.17) is 14.5 Å². The van der Waals surface area contributed by atoms with Crippen LogP contribution in [0.2, 0.25) is 0 Å². The highest BCUT2D eigenvalue weighted by Gasteiger charge is 2.17. The van der Waals surface area contributed by atoms with E-state index in [1.54, 1.807) is 31.5 Å². The van der Waals surface area contributed by atoms with E-state index in [9.17, 15) is 4.79 Å². The number of ether oxygens (including phenoxy) is 2. The number of aromatic nitrogens is 2. The van der Waals surface area contributed by atoms with Crippen LogP contribution in [0.5, 0.6) is 11.5 Å². The molecule has 31 heavy (non-hydrogen) atoms. The number of likely N-dealkylation sites (N-methyl/N-ethyl adjacent to an activating group) is 1. The van der Waals surface area contributed by atoms with Crippen molar-refractivity contribution in [1.29, 1.82) is 0 Å². The maximum Gasteiger partial charge on any atom is 0.254 e. The number of para-hydroxylation sites is 1. The van der Waals surface area contributed by atoms with Gasteiger partial charge in [0, 0.05) is 30.4 Å². The van der Waals surface area contributed by atoms with Crippen LogP contribution >= 0.6 is 0 Å². The Labute approximate surface area is 181 Å². The summed E-state index contributed by atoms with van der Waals surface area (Å²) < 4.78 is 10.9. The molecule has 2 aromatic heterocycles. The highest BCUT2D eigenvalue weighted by molar-refractivity contribution is 6.07. The quantitative estimate of drug-likeness (QED) is 0.448. The molecule has 1 amide bonds. The van der Waals surface area contributed by atoms with Gasteiger partial charge in [-0.1, -0.05) is 18.2 Å². The maximum absolute atomic E-state index is 13.3. The number of carbonyl (C=O) groups excluding carboxylic acids is 1. The molecule has 6 heteroatoms. The lowest BCUT2D eigenvalue weighted by Gasteiger charge is -2.19. The van der Waals surface area contributed by atoms with Crippen molar-refractivity contribution in [3.63, 3.8) is 0 Å². The van der Waals surface area contributed by atoms with Crippen LogP contribution in [0.15, 0.2) is 79.1 Å². The minimum atomic E-state index is -0.0766. The standard InChI is InChI=1S/C25H23N3O3/c1-28(15-16-31-20-9-7-19(30-2)8-10-20)25(29)22-17-24(18-11-13-26-14-12-18)27-23-6-4-3-5-21(22)23/h3-14,17H,15-16H2,1-2H3. The van der Waals surface area contributed by atoms with Gasteiger partial charge in [0.15, 0.2) is 0 Å². The van der Waals surface area contributed by atoms with E-state index in [0.717, 1.165) is 33.7 Å². The SMILES string of the molecule is COc1ccc(OCCN(C)C(=O)c2cc(-c3ccncc3)nc3ccccc23)cc1. The van der Waals surface area contributed by atoms with Crippen molar-refractivity contribution in [3.05, 3.63) is 84.7 Å². The number of fused-ring (bicyclic) bond motifs is 1. The fraction of sp³-hybridized carbons (Fsp3) is 0.160. The van der Waals surface area contributed by atoms with Gasteiger partial charge in [0.2, 0.25) is 0 Å². The Morgan fingerprint density at radius 1 is 0.968 bits per heavy atom. The van der Waals surface area contributed by atoms with Crippen LogP contribution in [0.4, 0.5) is 0 Å². The van der Waals surface area contributed by atoms with E-state index in [-0.39, 0.29) is 5.91 Å². The lowest BCUT2D eigenvalue weighted by atomic mass is 10.0. The number of pyridine rings is 2. The van der Waals surface area contributed by atoms with E-state index in [0.29, 0.717) is 18.7 Å². The van der Waals surface area contributed by atoms with Gasteiger partial charge in [-0.3, -0.25) is 9.78 Å². The van der Waals surface area contributed by atoms with Crippen molar-refractivity contribution in [2.45, 2.75) is 0 Å². The van der Waals surface area contributed by atoms with Crippen molar-refractivity contribution in [2.75, 3.05) is 27.3 Å². The number of carbonyl (C=O) groups is 1. The van der Waals surface area contributed by atoms with Crippen molar-refractivity contribution < 1.29 is 14.3 Å². The van der Waals surface area contributed by atoms with Gasteiger partial charge in [-0.05, 0) is 48.5 Å². The molecule has 6 nitrogen and oxygen atoms in total. The third-order valence-corrected chi connectivity index (χ3v) is 5.02. The zero-order valence-electron chi connectivity index (χ0n) is 17.5. The molecule has 0 aliphatic heterocycles. The predicted molar refractivity (Wildman–Crippen MR) is 120 cm³/mol. The van der Waals surface area contributed by atoms with Crippen LogP contribution < -0.4 is 9.47 Å². The van der Waals surface area contributed by atoms with E-state index in [1.807, 2.05) is 66.7 Å². The van der Waals surface area contributed by atoms with Crippen molar-refractivity contribution in [3.8, 4) is 22.8 Å². The normalized spacial score (nSPS) is 10.6.